The van der Waals surface area contributed by atoms with Gasteiger partial charge in [-0.15, -0.1) is 0 Å². The summed E-state index contributed by atoms with van der Waals surface area (Å²) in [6, 6.07) is 0.980. The molecule has 0 aliphatic heterocycles. The molecule has 140 valence electrons. The van der Waals surface area contributed by atoms with Crippen LogP contribution in [0, 0.1) is 0 Å². The molecule has 0 aromatic rings. The van der Waals surface area contributed by atoms with Gasteiger partial charge in [0.05, 0.1) is 0 Å². The molecule has 0 aliphatic rings. The molecule has 3 nitrogen and oxygen atoms in total. The van der Waals surface area contributed by atoms with E-state index in [2.05, 4.69) is 27.7 Å². The van der Waals surface area contributed by atoms with E-state index in [4.69, 9.17) is 13.3 Å². The monoisotopic (exact) mass is 346 g/mol. The molecule has 23 heavy (non-hydrogen) atoms. The minimum Gasteiger partial charge on any atom is -0.373 e. The van der Waals surface area contributed by atoms with Crippen LogP contribution in [0.2, 0.25) is 6.04 Å². The Hall–Kier alpha value is 0.0969. The van der Waals surface area contributed by atoms with E-state index in [-0.39, 0.29) is 0 Å². The smallest absolute Gasteiger partial charge is 0.373 e. The lowest BCUT2D eigenvalue weighted by atomic mass is 10.3. The molecule has 0 bridgehead atoms. The fourth-order valence-electron chi connectivity index (χ4n) is 2.47. The van der Waals surface area contributed by atoms with Gasteiger partial charge in [0.1, 0.15) is 0 Å². The van der Waals surface area contributed by atoms with Crippen molar-refractivity contribution < 1.29 is 13.3 Å². The number of hydrogen-bond acceptors (Lipinski definition) is 3. The zero-order valence-corrected chi connectivity index (χ0v) is 17.3. The SMILES string of the molecule is CCCCCO[Si](CCCC)(OCCCCC)OCCCCC. The Morgan fingerprint density at radius 2 is 0.826 bits per heavy atom. The van der Waals surface area contributed by atoms with Crippen LogP contribution in [-0.4, -0.2) is 28.6 Å². The van der Waals surface area contributed by atoms with Crippen LogP contribution in [0.15, 0.2) is 0 Å². The van der Waals surface area contributed by atoms with Gasteiger partial charge in [-0.25, -0.2) is 0 Å². The summed E-state index contributed by atoms with van der Waals surface area (Å²) in [7, 11) is -2.47. The standard InChI is InChI=1S/C19H42O3Si/c1-5-9-13-16-20-23(19-12-8-4,21-17-14-10-6-2)22-18-15-11-7-3/h5-19H2,1-4H3. The topological polar surface area (TPSA) is 27.7 Å². The van der Waals surface area contributed by atoms with Crippen molar-refractivity contribution in [2.75, 3.05) is 19.8 Å². The Bertz CT molecular complexity index is 205. The maximum absolute atomic E-state index is 6.29. The van der Waals surface area contributed by atoms with E-state index in [0.29, 0.717) is 0 Å². The van der Waals surface area contributed by atoms with Gasteiger partial charge in [-0.2, -0.15) is 0 Å². The molecular formula is C19H42O3Si. The molecule has 0 rings (SSSR count). The highest BCUT2D eigenvalue weighted by Gasteiger charge is 2.40. The lowest BCUT2D eigenvalue weighted by Gasteiger charge is -2.30. The zero-order valence-electron chi connectivity index (χ0n) is 16.3. The van der Waals surface area contributed by atoms with E-state index in [1.54, 1.807) is 0 Å². The molecule has 0 saturated heterocycles. The van der Waals surface area contributed by atoms with Crippen LogP contribution in [0.5, 0.6) is 0 Å². The van der Waals surface area contributed by atoms with Crippen LogP contribution in [0.3, 0.4) is 0 Å². The maximum atomic E-state index is 6.29. The zero-order chi connectivity index (χ0) is 17.2. The fraction of sp³-hybridized carbons (Fsp3) is 1.00. The molecule has 4 heteroatoms. The summed E-state index contributed by atoms with van der Waals surface area (Å²) < 4.78 is 18.9. The predicted molar refractivity (Wildman–Crippen MR) is 102 cm³/mol. The maximum Gasteiger partial charge on any atom is 0.500 e. The molecule has 0 atom stereocenters. The quantitative estimate of drug-likeness (QED) is 0.214. The van der Waals surface area contributed by atoms with Gasteiger partial charge in [0.15, 0.2) is 0 Å². The number of hydrogen-bond donors (Lipinski definition) is 0. The summed E-state index contributed by atoms with van der Waals surface area (Å²) >= 11 is 0. The van der Waals surface area contributed by atoms with Gasteiger partial charge in [-0.1, -0.05) is 72.6 Å². The van der Waals surface area contributed by atoms with Gasteiger partial charge in [0.2, 0.25) is 0 Å². The second-order valence-corrected chi connectivity index (χ2v) is 9.19. The molecule has 0 heterocycles. The first-order valence-corrected chi connectivity index (χ1v) is 12.1. The highest BCUT2D eigenvalue weighted by molar-refractivity contribution is 6.60. The molecule has 0 amide bonds. The van der Waals surface area contributed by atoms with Crippen molar-refractivity contribution >= 4 is 8.80 Å². The second-order valence-electron chi connectivity index (χ2n) is 6.45. The van der Waals surface area contributed by atoms with Crippen LogP contribution in [-0.2, 0) is 13.3 Å². The van der Waals surface area contributed by atoms with Gasteiger partial charge in [0, 0.05) is 25.9 Å². The summed E-state index contributed by atoms with van der Waals surface area (Å²) in [5, 5.41) is 0. The molecule has 0 aromatic heterocycles. The average molecular weight is 347 g/mol. The molecule has 0 aliphatic carbocycles. The molecule has 0 saturated carbocycles. The molecule has 0 N–H and O–H groups in total. The molecule has 0 spiro atoms. The summed E-state index contributed by atoms with van der Waals surface area (Å²) in [4.78, 5) is 0. The van der Waals surface area contributed by atoms with E-state index < -0.39 is 8.80 Å². The van der Waals surface area contributed by atoms with Crippen LogP contribution < -0.4 is 0 Å². The van der Waals surface area contributed by atoms with Crippen molar-refractivity contribution in [2.24, 2.45) is 0 Å². The summed E-state index contributed by atoms with van der Waals surface area (Å²) in [6.45, 7) is 11.3. The first-order chi connectivity index (χ1) is 11.2. The van der Waals surface area contributed by atoms with Crippen molar-refractivity contribution in [1.29, 1.82) is 0 Å². The van der Waals surface area contributed by atoms with E-state index in [1.165, 1.54) is 44.9 Å². The van der Waals surface area contributed by atoms with Crippen LogP contribution in [0.1, 0.15) is 98.3 Å². The van der Waals surface area contributed by atoms with Crippen LogP contribution in [0.25, 0.3) is 0 Å². The molecular weight excluding hydrogens is 304 g/mol. The summed E-state index contributed by atoms with van der Waals surface area (Å²) in [5.74, 6) is 0. The molecule has 0 radical (unpaired) electrons. The van der Waals surface area contributed by atoms with E-state index in [1.807, 2.05) is 0 Å². The van der Waals surface area contributed by atoms with Crippen LogP contribution >= 0.6 is 0 Å². The van der Waals surface area contributed by atoms with Gasteiger partial charge in [0.25, 0.3) is 0 Å². The van der Waals surface area contributed by atoms with Gasteiger partial charge >= 0.3 is 8.80 Å². The third-order valence-corrected chi connectivity index (χ3v) is 6.94. The Balaban J connectivity index is 4.51. The third-order valence-electron chi connectivity index (χ3n) is 4.05. The van der Waals surface area contributed by atoms with Crippen molar-refractivity contribution in [1.82, 2.24) is 0 Å². The van der Waals surface area contributed by atoms with Crippen molar-refractivity contribution in [3.63, 3.8) is 0 Å². The third kappa shape index (κ3) is 13.1. The Morgan fingerprint density at radius 1 is 0.478 bits per heavy atom. The first kappa shape index (κ1) is 23.1. The van der Waals surface area contributed by atoms with Crippen molar-refractivity contribution in [3.05, 3.63) is 0 Å². The lowest BCUT2D eigenvalue weighted by Crippen LogP contribution is -2.46. The van der Waals surface area contributed by atoms with Gasteiger partial charge < -0.3 is 13.3 Å². The minimum atomic E-state index is -2.47. The average Bonchev–Trinajstić information content (AvgIpc) is 2.57. The first-order valence-electron chi connectivity index (χ1n) is 10.2. The second kappa shape index (κ2) is 16.9. The highest BCUT2D eigenvalue weighted by Crippen LogP contribution is 2.21. The van der Waals surface area contributed by atoms with E-state index >= 15 is 0 Å². The molecule has 0 fully saturated rings. The normalized spacial score (nSPS) is 12.0. The van der Waals surface area contributed by atoms with Crippen LogP contribution in [0.4, 0.5) is 0 Å². The van der Waals surface area contributed by atoms with Gasteiger partial charge in [-0.05, 0) is 25.7 Å². The number of rotatable bonds is 18. The van der Waals surface area contributed by atoms with Crippen molar-refractivity contribution in [2.45, 2.75) is 104 Å². The predicted octanol–water partition coefficient (Wildman–Crippen LogP) is 6.35. The Morgan fingerprint density at radius 3 is 1.13 bits per heavy atom. The molecule has 0 aromatic carbocycles. The minimum absolute atomic E-state index is 0.797. The number of unbranched alkanes of at least 4 members (excludes halogenated alkanes) is 7. The largest absolute Gasteiger partial charge is 0.500 e. The van der Waals surface area contributed by atoms with Crippen molar-refractivity contribution in [3.8, 4) is 0 Å². The highest BCUT2D eigenvalue weighted by atomic mass is 28.4. The molecule has 0 unspecified atom stereocenters. The summed E-state index contributed by atoms with van der Waals surface area (Å²) in [5.41, 5.74) is 0. The Labute approximate surface area is 146 Å². The fourth-order valence-corrected chi connectivity index (χ4v) is 5.31. The van der Waals surface area contributed by atoms with E-state index in [0.717, 1.165) is 51.5 Å². The van der Waals surface area contributed by atoms with Gasteiger partial charge in [-0.3, -0.25) is 0 Å². The Kier molecular flexibility index (Phi) is 17.0. The van der Waals surface area contributed by atoms with E-state index in [9.17, 15) is 0 Å². The summed E-state index contributed by atoms with van der Waals surface area (Å²) in [6.07, 6.45) is 13.0. The lowest BCUT2D eigenvalue weighted by molar-refractivity contribution is 0.0549.